The fraction of sp³-hybridized carbons (Fsp3) is 0.300. The predicted molar refractivity (Wildman–Crippen MR) is 154 cm³/mol. The van der Waals surface area contributed by atoms with Crippen LogP contribution in [0.5, 0.6) is 5.75 Å². The molecule has 8 nitrogen and oxygen atoms in total. The smallest absolute Gasteiger partial charge is 0.265 e. The highest BCUT2D eigenvalue weighted by Crippen LogP contribution is 2.39. The molecule has 0 aromatic heterocycles. The van der Waals surface area contributed by atoms with Crippen LogP contribution >= 0.6 is 23.2 Å². The second-order valence-electron chi connectivity index (χ2n) is 9.75. The summed E-state index contributed by atoms with van der Waals surface area (Å²) in [4.78, 5) is 31.9. The fourth-order valence-electron chi connectivity index (χ4n) is 4.94. The molecule has 0 aliphatic carbocycles. The number of likely N-dealkylation sites (N-methyl/N-ethyl adjacent to an activating group) is 1. The van der Waals surface area contributed by atoms with Crippen LogP contribution in [-0.2, 0) is 14.3 Å². The summed E-state index contributed by atoms with van der Waals surface area (Å²) in [7, 11) is 1.76. The maximum absolute atomic E-state index is 13.7. The van der Waals surface area contributed by atoms with Crippen molar-refractivity contribution in [3.05, 3.63) is 81.8 Å². The van der Waals surface area contributed by atoms with Gasteiger partial charge in [0, 0.05) is 32.7 Å². The number of benzene rings is 3. The van der Waals surface area contributed by atoms with E-state index in [9.17, 15) is 14.9 Å². The van der Waals surface area contributed by atoms with Crippen LogP contribution in [0.25, 0.3) is 11.1 Å². The first-order valence-electron chi connectivity index (χ1n) is 12.9. The zero-order valence-corrected chi connectivity index (χ0v) is 23.5. The monoisotopic (exact) mass is 578 g/mol. The second kappa shape index (κ2) is 12.3. The minimum atomic E-state index is -0.332. The Balaban J connectivity index is 1.40. The van der Waals surface area contributed by atoms with Crippen molar-refractivity contribution in [2.24, 2.45) is 0 Å². The number of carbonyl (C=O) groups is 2. The molecule has 2 amide bonds. The van der Waals surface area contributed by atoms with Crippen molar-refractivity contribution >= 4 is 40.7 Å². The van der Waals surface area contributed by atoms with Gasteiger partial charge in [-0.3, -0.25) is 19.4 Å². The van der Waals surface area contributed by atoms with Gasteiger partial charge in [-0.1, -0.05) is 59.6 Å². The van der Waals surface area contributed by atoms with Gasteiger partial charge in [0.15, 0.2) is 6.61 Å². The number of fused-ring (bicyclic) bond motifs is 1. The van der Waals surface area contributed by atoms with E-state index in [1.54, 1.807) is 30.1 Å². The highest BCUT2D eigenvalue weighted by Gasteiger charge is 2.32. The molecule has 0 spiro atoms. The summed E-state index contributed by atoms with van der Waals surface area (Å²) in [5, 5.41) is 9.85. The summed E-state index contributed by atoms with van der Waals surface area (Å²) in [5.74, 6) is -0.150. The summed E-state index contributed by atoms with van der Waals surface area (Å²) in [5.41, 5.74) is 3.90. The van der Waals surface area contributed by atoms with Crippen LogP contribution in [0.1, 0.15) is 17.2 Å². The molecule has 10 heteroatoms. The fourth-order valence-corrected chi connectivity index (χ4v) is 5.25. The van der Waals surface area contributed by atoms with Crippen molar-refractivity contribution in [3.63, 3.8) is 0 Å². The maximum atomic E-state index is 13.7. The van der Waals surface area contributed by atoms with Gasteiger partial charge in [0.05, 0.1) is 46.6 Å². The number of amides is 2. The van der Waals surface area contributed by atoms with Crippen molar-refractivity contribution in [3.8, 4) is 22.9 Å². The number of rotatable bonds is 7. The van der Waals surface area contributed by atoms with E-state index < -0.39 is 0 Å². The van der Waals surface area contributed by atoms with Gasteiger partial charge in [-0.2, -0.15) is 5.26 Å². The van der Waals surface area contributed by atoms with Gasteiger partial charge in [-0.05, 0) is 34.9 Å². The van der Waals surface area contributed by atoms with E-state index >= 15 is 0 Å². The van der Waals surface area contributed by atoms with E-state index in [1.807, 2.05) is 42.5 Å². The zero-order chi connectivity index (χ0) is 28.2. The van der Waals surface area contributed by atoms with Gasteiger partial charge in [0.2, 0.25) is 5.91 Å². The molecule has 2 aliphatic heterocycles. The van der Waals surface area contributed by atoms with Crippen LogP contribution < -0.4 is 9.64 Å². The van der Waals surface area contributed by atoms with E-state index in [-0.39, 0.29) is 36.0 Å². The number of hydrogen-bond donors (Lipinski definition) is 0. The van der Waals surface area contributed by atoms with Crippen molar-refractivity contribution in [1.29, 1.82) is 5.26 Å². The van der Waals surface area contributed by atoms with Gasteiger partial charge >= 0.3 is 0 Å². The number of nitrogens with zero attached hydrogens (tertiary/aromatic N) is 4. The van der Waals surface area contributed by atoms with Gasteiger partial charge in [-0.25, -0.2) is 0 Å². The Hall–Kier alpha value is -3.61. The normalized spacial score (nSPS) is 16.1. The summed E-state index contributed by atoms with van der Waals surface area (Å²) < 4.78 is 11.0. The number of nitriles is 1. The number of hydrogen-bond acceptors (Lipinski definition) is 6. The van der Waals surface area contributed by atoms with Gasteiger partial charge < -0.3 is 14.4 Å². The third-order valence-electron chi connectivity index (χ3n) is 7.25. The molecular weight excluding hydrogens is 551 g/mol. The van der Waals surface area contributed by atoms with Crippen LogP contribution in [0.15, 0.2) is 60.7 Å². The van der Waals surface area contributed by atoms with Gasteiger partial charge in [0.1, 0.15) is 12.3 Å². The molecule has 206 valence electrons. The molecular formula is C30H28Cl2N4O4. The topological polar surface area (TPSA) is 86.1 Å². The minimum Gasteiger partial charge on any atom is -0.482 e. The molecule has 0 N–H and O–H groups in total. The Morgan fingerprint density at radius 2 is 1.77 bits per heavy atom. The lowest BCUT2D eigenvalue weighted by atomic mass is 9.98. The lowest BCUT2D eigenvalue weighted by Crippen LogP contribution is -2.48. The number of ether oxygens (including phenoxy) is 2. The average molecular weight is 579 g/mol. The molecule has 0 bridgehead atoms. The standard InChI is InChI=1S/C30H28Cl2N4O4/c1-34(29(37)18-36-26-14-24(31)25(32)15-28(26)40-19-30(36)38)27(17-35-9-11-39-12-10-35)22-7-5-21(6-8-22)23-4-2-3-20(13-23)16-33/h2-8,13-15,27H,9-12,17-19H2,1H3. The van der Waals surface area contributed by atoms with Crippen LogP contribution in [0, 0.1) is 11.3 Å². The highest BCUT2D eigenvalue weighted by molar-refractivity contribution is 6.42. The van der Waals surface area contributed by atoms with E-state index in [2.05, 4.69) is 11.0 Å². The molecule has 1 saturated heterocycles. The average Bonchev–Trinajstić information content (AvgIpc) is 2.98. The second-order valence-corrected chi connectivity index (χ2v) is 10.6. The quantitative estimate of drug-likeness (QED) is 0.400. The summed E-state index contributed by atoms with van der Waals surface area (Å²) in [6, 6.07) is 20.5. The van der Waals surface area contributed by atoms with Crippen molar-refractivity contribution in [1.82, 2.24) is 9.80 Å². The Morgan fingerprint density at radius 3 is 2.50 bits per heavy atom. The number of halogens is 2. The zero-order valence-electron chi connectivity index (χ0n) is 22.0. The Bertz CT molecular complexity index is 1450. The molecule has 1 fully saturated rings. The van der Waals surface area contributed by atoms with Crippen molar-refractivity contribution in [2.45, 2.75) is 6.04 Å². The lowest BCUT2D eigenvalue weighted by molar-refractivity contribution is -0.133. The van der Waals surface area contributed by atoms with E-state index in [4.69, 9.17) is 32.7 Å². The predicted octanol–water partition coefficient (Wildman–Crippen LogP) is 4.79. The molecule has 1 atom stereocenters. The summed E-state index contributed by atoms with van der Waals surface area (Å²) in [6.07, 6.45) is 0. The molecule has 3 aromatic rings. The minimum absolute atomic E-state index is 0.164. The third-order valence-corrected chi connectivity index (χ3v) is 7.98. The molecule has 0 radical (unpaired) electrons. The lowest BCUT2D eigenvalue weighted by Gasteiger charge is -2.37. The Labute approximate surface area is 243 Å². The molecule has 1 unspecified atom stereocenters. The van der Waals surface area contributed by atoms with Gasteiger partial charge in [-0.15, -0.1) is 0 Å². The van der Waals surface area contributed by atoms with E-state index in [0.29, 0.717) is 41.8 Å². The van der Waals surface area contributed by atoms with E-state index in [0.717, 1.165) is 29.8 Å². The first kappa shape index (κ1) is 27.9. The Morgan fingerprint density at radius 1 is 1.05 bits per heavy atom. The van der Waals surface area contributed by atoms with Crippen LogP contribution in [0.3, 0.4) is 0 Å². The SMILES string of the molecule is CN(C(=O)CN1C(=O)COc2cc(Cl)c(Cl)cc21)C(CN1CCOCC1)c1ccc(-c2cccc(C#N)c2)cc1. The molecule has 5 rings (SSSR count). The maximum Gasteiger partial charge on any atom is 0.265 e. The number of anilines is 1. The molecule has 2 heterocycles. The first-order valence-corrected chi connectivity index (χ1v) is 13.7. The largest absolute Gasteiger partial charge is 0.482 e. The van der Waals surface area contributed by atoms with Crippen LogP contribution in [0.4, 0.5) is 5.69 Å². The summed E-state index contributed by atoms with van der Waals surface area (Å²) >= 11 is 12.4. The number of carbonyl (C=O) groups excluding carboxylic acids is 2. The molecule has 2 aliphatic rings. The molecule has 0 saturated carbocycles. The highest BCUT2D eigenvalue weighted by atomic mass is 35.5. The van der Waals surface area contributed by atoms with Crippen molar-refractivity contribution < 1.29 is 19.1 Å². The van der Waals surface area contributed by atoms with Crippen LogP contribution in [-0.4, -0.2) is 74.7 Å². The Kier molecular flexibility index (Phi) is 8.57. The molecule has 3 aromatic carbocycles. The van der Waals surface area contributed by atoms with E-state index in [1.165, 1.54) is 4.90 Å². The molecule has 40 heavy (non-hydrogen) atoms. The third kappa shape index (κ3) is 6.08. The number of morpholine rings is 1. The van der Waals surface area contributed by atoms with Gasteiger partial charge in [0.25, 0.3) is 5.91 Å². The summed E-state index contributed by atoms with van der Waals surface area (Å²) in [6.45, 7) is 3.08. The first-order chi connectivity index (χ1) is 19.3. The van der Waals surface area contributed by atoms with Crippen molar-refractivity contribution in [2.75, 3.05) is 57.9 Å². The van der Waals surface area contributed by atoms with Crippen LogP contribution in [0.2, 0.25) is 10.0 Å².